The van der Waals surface area contributed by atoms with Crippen molar-refractivity contribution in [3.05, 3.63) is 40.5 Å². The molecule has 1 aromatic heterocycles. The maximum Gasteiger partial charge on any atom is 0.124 e. The van der Waals surface area contributed by atoms with Crippen molar-refractivity contribution in [2.24, 2.45) is 7.05 Å². The Morgan fingerprint density at radius 1 is 1.44 bits per heavy atom. The minimum Gasteiger partial charge on any atom is -0.508 e. The van der Waals surface area contributed by atoms with Gasteiger partial charge in [0.1, 0.15) is 11.6 Å². The van der Waals surface area contributed by atoms with E-state index in [0.717, 1.165) is 15.9 Å². The normalized spacial score (nSPS) is 10.4. The SMILES string of the molecule is Cn1nccc1NCc1cc(Br)ccc1O. The Morgan fingerprint density at radius 3 is 2.94 bits per heavy atom. The first-order chi connectivity index (χ1) is 7.66. The van der Waals surface area contributed by atoms with Crippen molar-refractivity contribution in [3.8, 4) is 5.75 Å². The summed E-state index contributed by atoms with van der Waals surface area (Å²) in [7, 11) is 1.86. The van der Waals surface area contributed by atoms with Crippen molar-refractivity contribution in [1.82, 2.24) is 9.78 Å². The summed E-state index contributed by atoms with van der Waals surface area (Å²) in [4.78, 5) is 0. The number of nitrogens with one attached hydrogen (secondary N) is 1. The van der Waals surface area contributed by atoms with Gasteiger partial charge < -0.3 is 10.4 Å². The fourth-order valence-electron chi connectivity index (χ4n) is 1.43. The third-order valence-corrected chi connectivity index (χ3v) is 2.82. The quantitative estimate of drug-likeness (QED) is 0.909. The van der Waals surface area contributed by atoms with Crippen LogP contribution >= 0.6 is 15.9 Å². The van der Waals surface area contributed by atoms with Crippen LogP contribution in [-0.4, -0.2) is 14.9 Å². The first kappa shape index (κ1) is 11.0. The number of halogens is 1. The van der Waals surface area contributed by atoms with Gasteiger partial charge in [0.2, 0.25) is 0 Å². The smallest absolute Gasteiger partial charge is 0.124 e. The van der Waals surface area contributed by atoms with E-state index >= 15 is 0 Å². The summed E-state index contributed by atoms with van der Waals surface area (Å²) in [6.07, 6.45) is 1.73. The van der Waals surface area contributed by atoms with Crippen LogP contribution in [0, 0.1) is 0 Å². The van der Waals surface area contributed by atoms with Crippen molar-refractivity contribution in [3.63, 3.8) is 0 Å². The number of aromatic nitrogens is 2. The van der Waals surface area contributed by atoms with Crippen molar-refractivity contribution >= 4 is 21.7 Å². The van der Waals surface area contributed by atoms with Crippen molar-refractivity contribution in [1.29, 1.82) is 0 Å². The molecule has 0 atom stereocenters. The molecule has 1 heterocycles. The van der Waals surface area contributed by atoms with Gasteiger partial charge in [-0.3, -0.25) is 4.68 Å². The van der Waals surface area contributed by atoms with Gasteiger partial charge in [-0.2, -0.15) is 5.10 Å². The monoisotopic (exact) mass is 281 g/mol. The highest BCUT2D eigenvalue weighted by molar-refractivity contribution is 9.10. The Bertz CT molecular complexity index is 496. The molecule has 16 heavy (non-hydrogen) atoms. The third kappa shape index (κ3) is 2.36. The number of nitrogens with zero attached hydrogens (tertiary/aromatic N) is 2. The highest BCUT2D eigenvalue weighted by Crippen LogP contribution is 2.22. The topological polar surface area (TPSA) is 50.1 Å². The van der Waals surface area contributed by atoms with E-state index in [1.165, 1.54) is 0 Å². The van der Waals surface area contributed by atoms with Gasteiger partial charge in [0.25, 0.3) is 0 Å². The molecule has 0 spiro atoms. The first-order valence-electron chi connectivity index (χ1n) is 4.86. The Morgan fingerprint density at radius 2 is 2.25 bits per heavy atom. The van der Waals surface area contributed by atoms with E-state index in [-0.39, 0.29) is 5.75 Å². The molecule has 0 unspecified atom stereocenters. The molecule has 0 aliphatic heterocycles. The maximum absolute atomic E-state index is 9.65. The van der Waals surface area contributed by atoms with E-state index in [2.05, 4.69) is 26.3 Å². The largest absolute Gasteiger partial charge is 0.508 e. The van der Waals surface area contributed by atoms with E-state index in [0.29, 0.717) is 6.54 Å². The molecule has 84 valence electrons. The van der Waals surface area contributed by atoms with Gasteiger partial charge in [0.05, 0.1) is 6.20 Å². The van der Waals surface area contributed by atoms with E-state index in [1.54, 1.807) is 16.9 Å². The Balaban J connectivity index is 2.10. The number of rotatable bonds is 3. The van der Waals surface area contributed by atoms with Crippen LogP contribution in [0.15, 0.2) is 34.9 Å². The lowest BCUT2D eigenvalue weighted by Gasteiger charge is -2.08. The van der Waals surface area contributed by atoms with Crippen LogP contribution in [0.25, 0.3) is 0 Å². The first-order valence-corrected chi connectivity index (χ1v) is 5.65. The molecular weight excluding hydrogens is 270 g/mol. The highest BCUT2D eigenvalue weighted by atomic mass is 79.9. The van der Waals surface area contributed by atoms with Crippen molar-refractivity contribution < 1.29 is 5.11 Å². The molecule has 0 aliphatic rings. The van der Waals surface area contributed by atoms with Crippen LogP contribution in [-0.2, 0) is 13.6 Å². The maximum atomic E-state index is 9.65. The molecule has 4 nitrogen and oxygen atoms in total. The molecule has 2 N–H and O–H groups in total. The summed E-state index contributed by atoms with van der Waals surface area (Å²) in [6.45, 7) is 0.560. The van der Waals surface area contributed by atoms with Gasteiger partial charge >= 0.3 is 0 Å². The van der Waals surface area contributed by atoms with E-state index in [9.17, 15) is 5.11 Å². The van der Waals surface area contributed by atoms with E-state index in [1.807, 2.05) is 25.2 Å². The van der Waals surface area contributed by atoms with Crippen LogP contribution in [0.4, 0.5) is 5.82 Å². The van der Waals surface area contributed by atoms with Gasteiger partial charge in [-0.15, -0.1) is 0 Å². The van der Waals surface area contributed by atoms with Crippen LogP contribution in [0.5, 0.6) is 5.75 Å². The standard InChI is InChI=1S/C11H12BrN3O/c1-15-11(4-5-14-15)13-7-8-6-9(12)2-3-10(8)16/h2-6,13,16H,7H2,1H3. The molecule has 0 amide bonds. The van der Waals surface area contributed by atoms with Crippen molar-refractivity contribution in [2.45, 2.75) is 6.54 Å². The Hall–Kier alpha value is -1.49. The number of hydrogen-bond donors (Lipinski definition) is 2. The van der Waals surface area contributed by atoms with Crippen LogP contribution in [0.2, 0.25) is 0 Å². The summed E-state index contributed by atoms with van der Waals surface area (Å²) >= 11 is 3.37. The fourth-order valence-corrected chi connectivity index (χ4v) is 1.84. The second-order valence-electron chi connectivity index (χ2n) is 3.47. The van der Waals surface area contributed by atoms with Crippen LogP contribution in [0.3, 0.4) is 0 Å². The second-order valence-corrected chi connectivity index (χ2v) is 4.38. The molecule has 0 saturated heterocycles. The summed E-state index contributed by atoms with van der Waals surface area (Å²) in [5.41, 5.74) is 0.843. The van der Waals surface area contributed by atoms with Gasteiger partial charge in [-0.25, -0.2) is 0 Å². The molecular formula is C11H12BrN3O. The summed E-state index contributed by atoms with van der Waals surface area (Å²) < 4.78 is 2.70. The predicted octanol–water partition coefficient (Wildman–Crippen LogP) is 2.50. The average Bonchev–Trinajstić information content (AvgIpc) is 2.66. The molecule has 5 heteroatoms. The number of phenolic OH excluding ortho intramolecular Hbond substituents is 1. The zero-order valence-corrected chi connectivity index (χ0v) is 10.4. The molecule has 0 saturated carbocycles. The minimum absolute atomic E-state index is 0.290. The summed E-state index contributed by atoms with van der Waals surface area (Å²) in [6, 6.07) is 7.25. The number of aromatic hydroxyl groups is 1. The number of aryl methyl sites for hydroxylation is 1. The van der Waals surface area contributed by atoms with Gasteiger partial charge in [0.15, 0.2) is 0 Å². The molecule has 0 bridgehead atoms. The zero-order valence-electron chi connectivity index (χ0n) is 8.81. The van der Waals surface area contributed by atoms with Crippen LogP contribution < -0.4 is 5.32 Å². The van der Waals surface area contributed by atoms with Gasteiger partial charge in [-0.1, -0.05) is 15.9 Å². The average molecular weight is 282 g/mol. The lowest BCUT2D eigenvalue weighted by Crippen LogP contribution is -2.04. The minimum atomic E-state index is 0.290. The number of hydrogen-bond acceptors (Lipinski definition) is 3. The molecule has 0 radical (unpaired) electrons. The van der Waals surface area contributed by atoms with Crippen LogP contribution in [0.1, 0.15) is 5.56 Å². The van der Waals surface area contributed by atoms with Gasteiger partial charge in [-0.05, 0) is 18.2 Å². The molecule has 1 aromatic carbocycles. The third-order valence-electron chi connectivity index (χ3n) is 2.32. The second kappa shape index (κ2) is 4.57. The number of benzene rings is 1. The zero-order chi connectivity index (χ0) is 11.5. The summed E-state index contributed by atoms with van der Waals surface area (Å²) in [5, 5.41) is 16.9. The van der Waals surface area contributed by atoms with Gasteiger partial charge in [0, 0.05) is 29.7 Å². The predicted molar refractivity (Wildman–Crippen MR) is 66.3 cm³/mol. The molecule has 0 aliphatic carbocycles. The lowest BCUT2D eigenvalue weighted by molar-refractivity contribution is 0.469. The number of anilines is 1. The Kier molecular flexibility index (Phi) is 3.14. The molecule has 2 aromatic rings. The van der Waals surface area contributed by atoms with E-state index in [4.69, 9.17) is 0 Å². The highest BCUT2D eigenvalue weighted by Gasteiger charge is 2.03. The molecule has 2 rings (SSSR count). The lowest BCUT2D eigenvalue weighted by atomic mass is 10.2. The van der Waals surface area contributed by atoms with Crippen molar-refractivity contribution in [2.75, 3.05) is 5.32 Å². The fraction of sp³-hybridized carbons (Fsp3) is 0.182. The summed E-state index contributed by atoms with van der Waals surface area (Å²) in [5.74, 6) is 1.21. The molecule has 0 fully saturated rings. The number of phenols is 1. The Labute approximate surface area is 102 Å². The van der Waals surface area contributed by atoms with E-state index < -0.39 is 0 Å².